The minimum Gasteiger partial charge on any atom is -0.288 e. The first-order valence-corrected chi connectivity index (χ1v) is 7.24. The van der Waals surface area contributed by atoms with Crippen molar-refractivity contribution in [1.29, 1.82) is 5.26 Å². The zero-order valence-electron chi connectivity index (χ0n) is 13.1. The SMILES string of the molecule is CC(C)(C)c1ccc(C(=O)C(C#N)=Cc2ccccc2)cc1. The van der Waals surface area contributed by atoms with Crippen LogP contribution in [-0.2, 0) is 5.41 Å². The lowest BCUT2D eigenvalue weighted by Gasteiger charge is -2.18. The van der Waals surface area contributed by atoms with Gasteiger partial charge < -0.3 is 0 Å². The third kappa shape index (κ3) is 3.71. The standard InChI is InChI=1S/C20H19NO/c1-20(2,3)18-11-9-16(10-12-18)19(22)17(14-21)13-15-7-5-4-6-8-15/h4-13H,1-3H3. The molecule has 0 saturated heterocycles. The van der Waals surface area contributed by atoms with Gasteiger partial charge in [0.15, 0.2) is 0 Å². The van der Waals surface area contributed by atoms with Crippen LogP contribution in [-0.4, -0.2) is 5.78 Å². The average molecular weight is 289 g/mol. The van der Waals surface area contributed by atoms with Gasteiger partial charge in [-0.15, -0.1) is 0 Å². The highest BCUT2D eigenvalue weighted by molar-refractivity contribution is 6.14. The van der Waals surface area contributed by atoms with Crippen LogP contribution < -0.4 is 0 Å². The molecule has 0 aliphatic rings. The molecule has 0 bridgehead atoms. The molecule has 0 N–H and O–H groups in total. The van der Waals surface area contributed by atoms with E-state index in [1.54, 1.807) is 18.2 Å². The molecule has 0 unspecified atom stereocenters. The largest absolute Gasteiger partial charge is 0.288 e. The van der Waals surface area contributed by atoms with Crippen LogP contribution in [0.1, 0.15) is 42.3 Å². The number of allylic oxidation sites excluding steroid dienone is 1. The van der Waals surface area contributed by atoms with E-state index in [1.165, 1.54) is 0 Å². The number of hydrogen-bond acceptors (Lipinski definition) is 2. The lowest BCUT2D eigenvalue weighted by molar-refractivity contribution is 0.104. The third-order valence-corrected chi connectivity index (χ3v) is 3.49. The Morgan fingerprint density at radius 2 is 1.59 bits per heavy atom. The Labute approximate surface area is 131 Å². The maximum absolute atomic E-state index is 12.5. The van der Waals surface area contributed by atoms with E-state index in [2.05, 4.69) is 20.8 Å². The molecule has 0 atom stereocenters. The van der Waals surface area contributed by atoms with Gasteiger partial charge in [-0.05, 0) is 22.6 Å². The summed E-state index contributed by atoms with van der Waals surface area (Å²) in [5.74, 6) is -0.244. The summed E-state index contributed by atoms with van der Waals surface area (Å²) in [6.07, 6.45) is 1.63. The van der Waals surface area contributed by atoms with Gasteiger partial charge in [0.2, 0.25) is 5.78 Å². The van der Waals surface area contributed by atoms with Crippen LogP contribution in [0.5, 0.6) is 0 Å². The van der Waals surface area contributed by atoms with Gasteiger partial charge in [-0.3, -0.25) is 4.79 Å². The van der Waals surface area contributed by atoms with Gasteiger partial charge in [0.25, 0.3) is 0 Å². The van der Waals surface area contributed by atoms with E-state index in [1.807, 2.05) is 48.5 Å². The summed E-state index contributed by atoms with van der Waals surface area (Å²) in [6, 6.07) is 18.9. The highest BCUT2D eigenvalue weighted by Crippen LogP contribution is 2.23. The monoisotopic (exact) mass is 289 g/mol. The smallest absolute Gasteiger partial charge is 0.203 e. The van der Waals surface area contributed by atoms with Gasteiger partial charge >= 0.3 is 0 Å². The Bertz CT molecular complexity index is 726. The van der Waals surface area contributed by atoms with Crippen molar-refractivity contribution in [2.75, 3.05) is 0 Å². The Morgan fingerprint density at radius 1 is 1.00 bits per heavy atom. The molecule has 2 nitrogen and oxygen atoms in total. The number of Topliss-reactive ketones (excluding diaryl/α,β-unsaturated/α-hetero) is 1. The van der Waals surface area contributed by atoms with Crippen LogP contribution in [0.4, 0.5) is 0 Å². The molecule has 0 spiro atoms. The molecule has 2 heteroatoms. The van der Waals surface area contributed by atoms with E-state index in [0.29, 0.717) is 5.56 Å². The molecule has 22 heavy (non-hydrogen) atoms. The molecule has 0 fully saturated rings. The molecule has 110 valence electrons. The van der Waals surface area contributed by atoms with Crippen molar-refractivity contribution in [2.24, 2.45) is 0 Å². The van der Waals surface area contributed by atoms with Crippen molar-refractivity contribution in [3.05, 3.63) is 76.9 Å². The van der Waals surface area contributed by atoms with Gasteiger partial charge in [-0.25, -0.2) is 0 Å². The van der Waals surface area contributed by atoms with Crippen molar-refractivity contribution in [1.82, 2.24) is 0 Å². The van der Waals surface area contributed by atoms with Crippen LogP contribution >= 0.6 is 0 Å². The maximum Gasteiger partial charge on any atom is 0.203 e. The molecule has 0 radical (unpaired) electrons. The molecule has 2 rings (SSSR count). The predicted molar refractivity (Wildman–Crippen MR) is 89.5 cm³/mol. The fourth-order valence-corrected chi connectivity index (χ4v) is 2.14. The van der Waals surface area contributed by atoms with Crippen LogP contribution in [0, 0.1) is 11.3 Å². The molecule has 0 aromatic heterocycles. The summed E-state index contributed by atoms with van der Waals surface area (Å²) in [6.45, 7) is 6.37. The van der Waals surface area contributed by atoms with Gasteiger partial charge in [0.05, 0.1) is 0 Å². The van der Waals surface area contributed by atoms with Crippen molar-refractivity contribution in [2.45, 2.75) is 26.2 Å². The molecule has 0 heterocycles. The normalized spacial score (nSPS) is 11.8. The topological polar surface area (TPSA) is 40.9 Å². The Hall–Kier alpha value is -2.66. The van der Waals surface area contributed by atoms with Crippen molar-refractivity contribution >= 4 is 11.9 Å². The predicted octanol–water partition coefficient (Wildman–Crippen LogP) is 4.77. The van der Waals surface area contributed by atoms with E-state index >= 15 is 0 Å². The van der Waals surface area contributed by atoms with E-state index in [0.717, 1.165) is 11.1 Å². The van der Waals surface area contributed by atoms with E-state index in [4.69, 9.17) is 0 Å². The lowest BCUT2D eigenvalue weighted by Crippen LogP contribution is -2.11. The Morgan fingerprint density at radius 3 is 2.09 bits per heavy atom. The summed E-state index contributed by atoms with van der Waals surface area (Å²) in [5, 5.41) is 9.26. The van der Waals surface area contributed by atoms with E-state index in [-0.39, 0.29) is 16.8 Å². The summed E-state index contributed by atoms with van der Waals surface area (Å²) in [7, 11) is 0. The van der Waals surface area contributed by atoms with Crippen molar-refractivity contribution in [3.63, 3.8) is 0 Å². The van der Waals surface area contributed by atoms with Gasteiger partial charge in [-0.1, -0.05) is 75.4 Å². The van der Waals surface area contributed by atoms with Crippen LogP contribution in [0.3, 0.4) is 0 Å². The van der Waals surface area contributed by atoms with Gasteiger partial charge in [0.1, 0.15) is 11.6 Å². The summed E-state index contributed by atoms with van der Waals surface area (Å²) in [4.78, 5) is 12.5. The van der Waals surface area contributed by atoms with Crippen LogP contribution in [0.2, 0.25) is 0 Å². The van der Waals surface area contributed by atoms with E-state index in [9.17, 15) is 10.1 Å². The first-order chi connectivity index (χ1) is 10.4. The first kappa shape index (κ1) is 15.7. The fraction of sp³-hybridized carbons (Fsp3) is 0.200. The summed E-state index contributed by atoms with van der Waals surface area (Å²) < 4.78 is 0. The number of nitriles is 1. The average Bonchev–Trinajstić information content (AvgIpc) is 2.52. The highest BCUT2D eigenvalue weighted by Gasteiger charge is 2.16. The highest BCUT2D eigenvalue weighted by atomic mass is 16.1. The third-order valence-electron chi connectivity index (χ3n) is 3.49. The minimum atomic E-state index is -0.244. The molecule has 0 aliphatic carbocycles. The number of ketones is 1. The number of carbonyl (C=O) groups is 1. The lowest BCUT2D eigenvalue weighted by atomic mass is 9.86. The van der Waals surface area contributed by atoms with Gasteiger partial charge in [-0.2, -0.15) is 5.26 Å². The Kier molecular flexibility index (Phi) is 4.58. The van der Waals surface area contributed by atoms with Crippen LogP contribution in [0.15, 0.2) is 60.2 Å². The van der Waals surface area contributed by atoms with Crippen molar-refractivity contribution in [3.8, 4) is 6.07 Å². The number of carbonyl (C=O) groups excluding carboxylic acids is 1. The first-order valence-electron chi connectivity index (χ1n) is 7.24. The second kappa shape index (κ2) is 6.41. The quantitative estimate of drug-likeness (QED) is 0.464. The second-order valence-electron chi connectivity index (χ2n) is 6.24. The Balaban J connectivity index is 2.30. The minimum absolute atomic E-state index is 0.0412. The maximum atomic E-state index is 12.5. The molecular formula is C20H19NO. The molecular weight excluding hydrogens is 270 g/mol. The fourth-order valence-electron chi connectivity index (χ4n) is 2.14. The molecule has 2 aromatic rings. The second-order valence-corrected chi connectivity index (χ2v) is 6.24. The zero-order chi connectivity index (χ0) is 16.2. The number of benzene rings is 2. The molecule has 2 aromatic carbocycles. The molecule has 0 amide bonds. The number of hydrogen-bond donors (Lipinski definition) is 0. The number of rotatable bonds is 3. The summed E-state index contributed by atoms with van der Waals surface area (Å²) >= 11 is 0. The molecule has 0 saturated carbocycles. The zero-order valence-corrected chi connectivity index (χ0v) is 13.1. The van der Waals surface area contributed by atoms with Crippen LogP contribution in [0.25, 0.3) is 6.08 Å². The molecule has 0 aliphatic heterocycles. The van der Waals surface area contributed by atoms with E-state index < -0.39 is 0 Å². The number of nitrogens with zero attached hydrogens (tertiary/aromatic N) is 1. The summed E-state index contributed by atoms with van der Waals surface area (Å²) in [5.41, 5.74) is 2.74. The van der Waals surface area contributed by atoms with Crippen molar-refractivity contribution < 1.29 is 4.79 Å². The van der Waals surface area contributed by atoms with Gasteiger partial charge in [0, 0.05) is 5.56 Å².